The van der Waals surface area contributed by atoms with Crippen LogP contribution >= 0.6 is 0 Å². The molecule has 0 bridgehead atoms. The summed E-state index contributed by atoms with van der Waals surface area (Å²) in [7, 11) is 0. The number of anilines is 1. The zero-order chi connectivity index (χ0) is 15.1. The van der Waals surface area contributed by atoms with Crippen LogP contribution in [0.2, 0.25) is 0 Å². The van der Waals surface area contributed by atoms with Crippen LogP contribution in [0.15, 0.2) is 18.2 Å². The number of hydrogen-bond acceptors (Lipinski definition) is 2. The normalized spacial score (nSPS) is 13.5. The molecule has 0 aliphatic rings. The molecular formula is C13H17F4NO. The third kappa shape index (κ3) is 3.59. The van der Waals surface area contributed by atoms with Crippen LogP contribution in [-0.2, 0) is 6.18 Å². The van der Waals surface area contributed by atoms with Crippen molar-refractivity contribution in [2.24, 2.45) is 0 Å². The van der Waals surface area contributed by atoms with Gasteiger partial charge in [0.1, 0.15) is 5.82 Å². The molecule has 0 unspecified atom stereocenters. The van der Waals surface area contributed by atoms with Gasteiger partial charge in [0.15, 0.2) is 0 Å². The van der Waals surface area contributed by atoms with E-state index in [1.54, 1.807) is 13.8 Å². The molecule has 0 saturated heterocycles. The van der Waals surface area contributed by atoms with E-state index in [2.05, 4.69) is 5.32 Å². The van der Waals surface area contributed by atoms with Gasteiger partial charge in [-0.2, -0.15) is 13.2 Å². The molecule has 2 N–H and O–H groups in total. The standard InChI is InChI=1S/C13H17F4NO/c1-11(2,12(3,4)19)18-10-6-5-8(7-9(10)14)13(15,16)17/h5-7,18-19H,1-4H3. The largest absolute Gasteiger partial charge is 0.416 e. The van der Waals surface area contributed by atoms with E-state index in [1.165, 1.54) is 13.8 Å². The molecule has 0 fully saturated rings. The third-order valence-corrected chi connectivity index (χ3v) is 3.27. The van der Waals surface area contributed by atoms with E-state index >= 15 is 0 Å². The van der Waals surface area contributed by atoms with Crippen molar-refractivity contribution in [1.29, 1.82) is 0 Å². The summed E-state index contributed by atoms with van der Waals surface area (Å²) >= 11 is 0. The van der Waals surface area contributed by atoms with Crippen molar-refractivity contribution in [3.8, 4) is 0 Å². The first-order valence-electron chi connectivity index (χ1n) is 5.72. The van der Waals surface area contributed by atoms with Crippen LogP contribution in [0.5, 0.6) is 0 Å². The van der Waals surface area contributed by atoms with Crippen molar-refractivity contribution in [2.45, 2.75) is 45.0 Å². The number of alkyl halides is 3. The quantitative estimate of drug-likeness (QED) is 0.825. The van der Waals surface area contributed by atoms with E-state index in [1.807, 2.05) is 0 Å². The van der Waals surface area contributed by atoms with Crippen molar-refractivity contribution in [2.75, 3.05) is 5.32 Å². The molecule has 0 spiro atoms. The van der Waals surface area contributed by atoms with E-state index in [9.17, 15) is 22.7 Å². The number of rotatable bonds is 3. The monoisotopic (exact) mass is 279 g/mol. The van der Waals surface area contributed by atoms with Gasteiger partial charge < -0.3 is 10.4 Å². The Morgan fingerprint density at radius 3 is 1.95 bits per heavy atom. The summed E-state index contributed by atoms with van der Waals surface area (Å²) in [5.74, 6) is -1.01. The predicted octanol–water partition coefficient (Wildman–Crippen LogP) is 3.81. The minimum Gasteiger partial charge on any atom is -0.388 e. The van der Waals surface area contributed by atoms with Crippen molar-refractivity contribution >= 4 is 5.69 Å². The van der Waals surface area contributed by atoms with Gasteiger partial charge in [-0.05, 0) is 45.9 Å². The maximum Gasteiger partial charge on any atom is 0.416 e. The van der Waals surface area contributed by atoms with Gasteiger partial charge >= 0.3 is 6.18 Å². The first-order valence-corrected chi connectivity index (χ1v) is 5.72. The smallest absolute Gasteiger partial charge is 0.388 e. The molecule has 0 atom stereocenters. The fourth-order valence-corrected chi connectivity index (χ4v) is 1.28. The number of hydrogen-bond donors (Lipinski definition) is 2. The van der Waals surface area contributed by atoms with Crippen LogP contribution in [0.1, 0.15) is 33.3 Å². The number of aliphatic hydroxyl groups is 1. The molecule has 0 aromatic heterocycles. The molecule has 1 rings (SSSR count). The molecule has 0 saturated carbocycles. The molecule has 19 heavy (non-hydrogen) atoms. The fourth-order valence-electron chi connectivity index (χ4n) is 1.28. The summed E-state index contributed by atoms with van der Waals surface area (Å²) in [6.07, 6.45) is -4.58. The van der Waals surface area contributed by atoms with E-state index in [-0.39, 0.29) is 5.69 Å². The van der Waals surface area contributed by atoms with Gasteiger partial charge in [-0.15, -0.1) is 0 Å². The molecular weight excluding hydrogens is 262 g/mol. The molecule has 108 valence electrons. The lowest BCUT2D eigenvalue weighted by atomic mass is 9.85. The summed E-state index contributed by atoms with van der Waals surface area (Å²) in [4.78, 5) is 0. The van der Waals surface area contributed by atoms with E-state index < -0.39 is 28.7 Å². The van der Waals surface area contributed by atoms with Crippen LogP contribution in [0.3, 0.4) is 0 Å². The van der Waals surface area contributed by atoms with Gasteiger partial charge in [-0.25, -0.2) is 4.39 Å². The van der Waals surface area contributed by atoms with Crippen molar-refractivity contribution in [1.82, 2.24) is 0 Å². The lowest BCUT2D eigenvalue weighted by molar-refractivity contribution is -0.137. The van der Waals surface area contributed by atoms with Crippen molar-refractivity contribution in [3.05, 3.63) is 29.6 Å². The van der Waals surface area contributed by atoms with E-state index in [0.717, 1.165) is 12.1 Å². The second kappa shape index (κ2) is 4.67. The minimum absolute atomic E-state index is 0.0832. The maximum atomic E-state index is 13.7. The number of benzene rings is 1. The van der Waals surface area contributed by atoms with Crippen LogP contribution in [0.25, 0.3) is 0 Å². The molecule has 0 amide bonds. The van der Waals surface area contributed by atoms with Crippen LogP contribution in [0, 0.1) is 5.82 Å². The lowest BCUT2D eigenvalue weighted by Crippen LogP contribution is -2.51. The van der Waals surface area contributed by atoms with Crippen LogP contribution in [0.4, 0.5) is 23.2 Å². The summed E-state index contributed by atoms with van der Waals surface area (Å²) in [6.45, 7) is 6.32. The fraction of sp³-hybridized carbons (Fsp3) is 0.538. The number of nitrogens with one attached hydrogen (secondary N) is 1. The Bertz CT molecular complexity index is 461. The highest BCUT2D eigenvalue weighted by Crippen LogP contribution is 2.33. The maximum absolute atomic E-state index is 13.7. The van der Waals surface area contributed by atoms with Gasteiger partial charge in [-0.3, -0.25) is 0 Å². The van der Waals surface area contributed by atoms with Gasteiger partial charge in [0.05, 0.1) is 22.4 Å². The van der Waals surface area contributed by atoms with Crippen LogP contribution < -0.4 is 5.32 Å². The van der Waals surface area contributed by atoms with Gasteiger partial charge in [0.2, 0.25) is 0 Å². The van der Waals surface area contributed by atoms with Crippen molar-refractivity contribution in [3.63, 3.8) is 0 Å². The second-order valence-electron chi connectivity index (χ2n) is 5.50. The highest BCUT2D eigenvalue weighted by molar-refractivity contribution is 5.49. The predicted molar refractivity (Wildman–Crippen MR) is 65.4 cm³/mol. The Morgan fingerprint density at radius 1 is 1.05 bits per heavy atom. The Balaban J connectivity index is 3.06. The zero-order valence-electron chi connectivity index (χ0n) is 11.2. The van der Waals surface area contributed by atoms with Gasteiger partial charge in [0, 0.05) is 0 Å². The highest BCUT2D eigenvalue weighted by atomic mass is 19.4. The Labute approximate surface area is 109 Å². The molecule has 2 nitrogen and oxygen atoms in total. The first-order chi connectivity index (χ1) is 8.34. The van der Waals surface area contributed by atoms with Gasteiger partial charge in [0.25, 0.3) is 0 Å². The summed E-state index contributed by atoms with van der Waals surface area (Å²) < 4.78 is 50.9. The van der Waals surface area contributed by atoms with E-state index in [4.69, 9.17) is 0 Å². The first kappa shape index (κ1) is 15.8. The lowest BCUT2D eigenvalue weighted by Gasteiger charge is -2.39. The molecule has 1 aromatic carbocycles. The SMILES string of the molecule is CC(C)(O)C(C)(C)Nc1ccc(C(F)(F)F)cc1F. The summed E-state index contributed by atoms with van der Waals surface area (Å²) in [5, 5.41) is 12.6. The van der Waals surface area contributed by atoms with Crippen molar-refractivity contribution < 1.29 is 22.7 Å². The summed E-state index contributed by atoms with van der Waals surface area (Å²) in [5.41, 5.74) is -3.22. The molecule has 0 aliphatic carbocycles. The molecule has 6 heteroatoms. The molecule has 0 radical (unpaired) electrons. The zero-order valence-corrected chi connectivity index (χ0v) is 11.2. The van der Waals surface area contributed by atoms with Gasteiger partial charge in [-0.1, -0.05) is 0 Å². The Hall–Kier alpha value is -1.30. The summed E-state index contributed by atoms with van der Waals surface area (Å²) in [6, 6.07) is 2.25. The minimum atomic E-state index is -4.58. The third-order valence-electron chi connectivity index (χ3n) is 3.27. The highest BCUT2D eigenvalue weighted by Gasteiger charge is 2.36. The molecule has 0 heterocycles. The van der Waals surface area contributed by atoms with Crippen LogP contribution in [-0.4, -0.2) is 16.2 Å². The second-order valence-corrected chi connectivity index (χ2v) is 5.50. The van der Waals surface area contributed by atoms with E-state index in [0.29, 0.717) is 6.07 Å². The molecule has 1 aromatic rings. The average molecular weight is 279 g/mol. The molecule has 0 aliphatic heterocycles. The number of halogens is 4. The topological polar surface area (TPSA) is 32.3 Å². The average Bonchev–Trinajstić information content (AvgIpc) is 2.17. The Morgan fingerprint density at radius 2 is 1.58 bits per heavy atom. The Kier molecular flexibility index (Phi) is 3.87.